The maximum absolute atomic E-state index is 12.9. The number of carbonyl (C=O) groups excluding carboxylic acids is 2. The maximum atomic E-state index is 12.9. The Labute approximate surface area is 192 Å². The average Bonchev–Trinajstić information content (AvgIpc) is 2.79. The molecule has 176 valence electrons. The third-order valence-corrected chi connectivity index (χ3v) is 5.56. The number of nitrogens with one attached hydrogen (secondary N) is 2. The number of morpholine rings is 2. The molecule has 4 heterocycles. The molecule has 11 nitrogen and oxygen atoms in total. The highest BCUT2D eigenvalue weighted by Gasteiger charge is 2.26. The van der Waals surface area contributed by atoms with Crippen molar-refractivity contribution in [3.05, 3.63) is 30.0 Å². The summed E-state index contributed by atoms with van der Waals surface area (Å²) in [6.45, 7) is 9.34. The van der Waals surface area contributed by atoms with Gasteiger partial charge in [0.25, 0.3) is 5.91 Å². The van der Waals surface area contributed by atoms with E-state index in [9.17, 15) is 9.59 Å². The van der Waals surface area contributed by atoms with Crippen molar-refractivity contribution in [2.45, 2.75) is 32.9 Å². The SMILES string of the molecule is CC(=O)Nc1ccc(C(=O)Nc2cc(N3CCOC[C@@H]3C)nc(N3CCOC[C@@H]3C)n2)cn1. The van der Waals surface area contributed by atoms with Crippen LogP contribution in [0.15, 0.2) is 24.4 Å². The lowest BCUT2D eigenvalue weighted by Crippen LogP contribution is -2.46. The molecule has 0 aliphatic carbocycles. The molecular weight excluding hydrogens is 426 g/mol. The molecular formula is C22H29N7O4. The molecule has 33 heavy (non-hydrogen) atoms. The van der Waals surface area contributed by atoms with Crippen LogP contribution in [0.5, 0.6) is 0 Å². The molecule has 0 aromatic carbocycles. The quantitative estimate of drug-likeness (QED) is 0.691. The number of amides is 2. The summed E-state index contributed by atoms with van der Waals surface area (Å²) in [7, 11) is 0. The minimum absolute atomic E-state index is 0.116. The van der Waals surface area contributed by atoms with Gasteiger partial charge in [0.2, 0.25) is 11.9 Å². The molecule has 2 amide bonds. The van der Waals surface area contributed by atoms with E-state index < -0.39 is 0 Å². The number of rotatable bonds is 5. The Kier molecular flexibility index (Phi) is 6.99. The van der Waals surface area contributed by atoms with Crippen LogP contribution in [0, 0.1) is 0 Å². The Morgan fingerprint density at radius 2 is 1.67 bits per heavy atom. The van der Waals surface area contributed by atoms with Crippen LogP contribution in [0.4, 0.5) is 23.4 Å². The molecule has 0 bridgehead atoms. The van der Waals surface area contributed by atoms with Crippen LogP contribution in [-0.2, 0) is 14.3 Å². The summed E-state index contributed by atoms with van der Waals surface area (Å²) in [6, 6.07) is 5.23. The fourth-order valence-corrected chi connectivity index (χ4v) is 3.82. The van der Waals surface area contributed by atoms with Crippen molar-refractivity contribution in [3.63, 3.8) is 0 Å². The summed E-state index contributed by atoms with van der Waals surface area (Å²) in [5.74, 6) is 1.50. The van der Waals surface area contributed by atoms with Gasteiger partial charge in [-0.2, -0.15) is 9.97 Å². The van der Waals surface area contributed by atoms with Crippen LogP contribution in [-0.4, -0.2) is 78.4 Å². The second-order valence-corrected chi connectivity index (χ2v) is 8.21. The summed E-state index contributed by atoms with van der Waals surface area (Å²) in [4.78, 5) is 41.9. The number of aromatic nitrogens is 3. The molecule has 2 aromatic heterocycles. The molecule has 4 rings (SSSR count). The monoisotopic (exact) mass is 455 g/mol. The Morgan fingerprint density at radius 3 is 2.27 bits per heavy atom. The van der Waals surface area contributed by atoms with Crippen molar-refractivity contribution in [2.75, 3.05) is 60.0 Å². The van der Waals surface area contributed by atoms with Crippen LogP contribution in [0.1, 0.15) is 31.1 Å². The minimum Gasteiger partial charge on any atom is -0.377 e. The smallest absolute Gasteiger partial charge is 0.258 e. The zero-order chi connectivity index (χ0) is 23.4. The molecule has 0 spiro atoms. The molecule has 2 aliphatic rings. The Bertz CT molecular complexity index is 960. The minimum atomic E-state index is -0.350. The van der Waals surface area contributed by atoms with Crippen LogP contribution in [0.2, 0.25) is 0 Å². The van der Waals surface area contributed by atoms with Crippen molar-refractivity contribution < 1.29 is 19.1 Å². The Balaban J connectivity index is 1.60. The van der Waals surface area contributed by atoms with Crippen LogP contribution in [0.3, 0.4) is 0 Å². The van der Waals surface area contributed by atoms with E-state index in [-0.39, 0.29) is 23.9 Å². The Hall–Kier alpha value is -3.31. The van der Waals surface area contributed by atoms with Crippen molar-refractivity contribution in [1.29, 1.82) is 0 Å². The van der Waals surface area contributed by atoms with Gasteiger partial charge >= 0.3 is 0 Å². The number of carbonyl (C=O) groups is 2. The third kappa shape index (κ3) is 5.55. The van der Waals surface area contributed by atoms with E-state index in [2.05, 4.69) is 44.2 Å². The fourth-order valence-electron chi connectivity index (χ4n) is 3.82. The normalized spacial score (nSPS) is 20.9. The number of ether oxygens (including phenoxy) is 2. The zero-order valence-corrected chi connectivity index (χ0v) is 19.1. The summed E-state index contributed by atoms with van der Waals surface area (Å²) in [6.07, 6.45) is 1.41. The lowest BCUT2D eigenvalue weighted by atomic mass is 10.2. The molecule has 0 radical (unpaired) electrons. The zero-order valence-electron chi connectivity index (χ0n) is 19.1. The van der Waals surface area contributed by atoms with E-state index in [0.717, 1.165) is 5.82 Å². The van der Waals surface area contributed by atoms with Gasteiger partial charge in [-0.3, -0.25) is 9.59 Å². The largest absolute Gasteiger partial charge is 0.377 e. The van der Waals surface area contributed by atoms with E-state index in [4.69, 9.17) is 14.5 Å². The van der Waals surface area contributed by atoms with Gasteiger partial charge in [0.1, 0.15) is 17.5 Å². The summed E-state index contributed by atoms with van der Waals surface area (Å²) in [5, 5.41) is 5.46. The summed E-state index contributed by atoms with van der Waals surface area (Å²) >= 11 is 0. The first kappa shape index (κ1) is 22.9. The molecule has 2 saturated heterocycles. The van der Waals surface area contributed by atoms with E-state index in [1.807, 2.05) is 0 Å². The topological polar surface area (TPSA) is 122 Å². The van der Waals surface area contributed by atoms with Gasteiger partial charge in [-0.05, 0) is 26.0 Å². The first-order chi connectivity index (χ1) is 15.9. The molecule has 2 aliphatic heterocycles. The molecule has 11 heteroatoms. The van der Waals surface area contributed by atoms with Crippen molar-refractivity contribution in [2.24, 2.45) is 0 Å². The first-order valence-corrected chi connectivity index (χ1v) is 11.0. The van der Waals surface area contributed by atoms with Crippen LogP contribution >= 0.6 is 0 Å². The van der Waals surface area contributed by atoms with Gasteiger partial charge in [0.05, 0.1) is 44.1 Å². The molecule has 0 unspecified atom stereocenters. The highest BCUT2D eigenvalue weighted by atomic mass is 16.5. The number of hydrogen-bond acceptors (Lipinski definition) is 9. The van der Waals surface area contributed by atoms with Crippen LogP contribution in [0.25, 0.3) is 0 Å². The van der Waals surface area contributed by atoms with Crippen molar-refractivity contribution in [1.82, 2.24) is 15.0 Å². The lowest BCUT2D eigenvalue weighted by molar-refractivity contribution is -0.114. The number of hydrogen-bond donors (Lipinski definition) is 2. The predicted molar refractivity (Wildman–Crippen MR) is 124 cm³/mol. The fraction of sp³-hybridized carbons (Fsp3) is 0.500. The lowest BCUT2D eigenvalue weighted by Gasteiger charge is -2.36. The number of nitrogens with zero attached hydrogens (tertiary/aromatic N) is 5. The second kappa shape index (κ2) is 10.1. The average molecular weight is 456 g/mol. The van der Waals surface area contributed by atoms with E-state index >= 15 is 0 Å². The van der Waals surface area contributed by atoms with E-state index in [1.165, 1.54) is 13.1 Å². The second-order valence-electron chi connectivity index (χ2n) is 8.21. The standard InChI is InChI=1S/C22H29N7O4/c1-14-12-32-8-6-28(14)20-10-19(26-22(27-20)29-7-9-33-13-15(29)2)25-21(31)17-4-5-18(23-11-17)24-16(3)30/h4-5,10-11,14-15H,6-9,12-13H2,1-3H3,(H,23,24,30)(H,25,26,27,31)/t14-,15-/m0/s1. The maximum Gasteiger partial charge on any atom is 0.258 e. The molecule has 2 N–H and O–H groups in total. The molecule has 0 saturated carbocycles. The number of pyridine rings is 1. The predicted octanol–water partition coefficient (Wildman–Crippen LogP) is 1.53. The van der Waals surface area contributed by atoms with Gasteiger partial charge in [0.15, 0.2) is 0 Å². The molecule has 2 atom stereocenters. The van der Waals surface area contributed by atoms with Gasteiger partial charge in [-0.15, -0.1) is 0 Å². The third-order valence-electron chi connectivity index (χ3n) is 5.56. The highest BCUT2D eigenvalue weighted by Crippen LogP contribution is 2.26. The van der Waals surface area contributed by atoms with E-state index in [0.29, 0.717) is 62.7 Å². The van der Waals surface area contributed by atoms with Crippen molar-refractivity contribution in [3.8, 4) is 0 Å². The van der Waals surface area contributed by atoms with Crippen molar-refractivity contribution >= 4 is 35.2 Å². The molecule has 2 aromatic rings. The summed E-state index contributed by atoms with van der Waals surface area (Å²) in [5.41, 5.74) is 0.352. The van der Waals surface area contributed by atoms with Gasteiger partial charge in [0, 0.05) is 32.3 Å². The van der Waals surface area contributed by atoms with Gasteiger partial charge in [-0.1, -0.05) is 0 Å². The Morgan fingerprint density at radius 1 is 0.970 bits per heavy atom. The first-order valence-electron chi connectivity index (χ1n) is 11.0. The molecule has 2 fully saturated rings. The highest BCUT2D eigenvalue weighted by molar-refractivity contribution is 6.04. The van der Waals surface area contributed by atoms with Crippen LogP contribution < -0.4 is 20.4 Å². The van der Waals surface area contributed by atoms with Gasteiger partial charge < -0.3 is 29.9 Å². The number of anilines is 4. The van der Waals surface area contributed by atoms with E-state index in [1.54, 1.807) is 18.2 Å². The van der Waals surface area contributed by atoms with Gasteiger partial charge in [-0.25, -0.2) is 4.98 Å². The summed E-state index contributed by atoms with van der Waals surface area (Å²) < 4.78 is 11.1.